The molecule has 0 fully saturated rings. The fraction of sp³-hybridized carbons (Fsp3) is 0.136. The lowest BCUT2D eigenvalue weighted by atomic mass is 10.2. The van der Waals surface area contributed by atoms with Crippen molar-refractivity contribution in [3.63, 3.8) is 0 Å². The lowest BCUT2D eigenvalue weighted by Crippen LogP contribution is -2.21. The van der Waals surface area contributed by atoms with Gasteiger partial charge in [0, 0.05) is 37.6 Å². The molecule has 31 heavy (non-hydrogen) atoms. The molecule has 2 amide bonds. The van der Waals surface area contributed by atoms with E-state index in [1.54, 1.807) is 80.7 Å². The molecule has 9 heteroatoms. The summed E-state index contributed by atoms with van der Waals surface area (Å²) in [5, 5.41) is 7.25. The third kappa shape index (κ3) is 4.20. The molecule has 0 aliphatic rings. The van der Waals surface area contributed by atoms with Gasteiger partial charge in [0.1, 0.15) is 6.26 Å². The Bertz CT molecular complexity index is 1230. The lowest BCUT2D eigenvalue weighted by molar-refractivity contribution is 0.0827. The van der Waals surface area contributed by atoms with Crippen molar-refractivity contribution in [3.05, 3.63) is 78.2 Å². The monoisotopic (exact) mass is 416 g/mol. The van der Waals surface area contributed by atoms with Gasteiger partial charge in [-0.1, -0.05) is 0 Å². The van der Waals surface area contributed by atoms with Crippen LogP contribution >= 0.6 is 0 Å². The minimum absolute atomic E-state index is 0.0742. The molecule has 3 heterocycles. The lowest BCUT2D eigenvalue weighted by Gasteiger charge is -2.10. The number of nitrogens with one attached hydrogen (secondary N) is 1. The first-order chi connectivity index (χ1) is 14.9. The summed E-state index contributed by atoms with van der Waals surface area (Å²) in [5.41, 5.74) is 3.42. The van der Waals surface area contributed by atoms with Gasteiger partial charge in [-0.25, -0.2) is 9.67 Å². The summed E-state index contributed by atoms with van der Waals surface area (Å²) in [5.74, 6) is -0.138. The average molecular weight is 416 g/mol. The second-order valence-corrected chi connectivity index (χ2v) is 7.05. The molecule has 9 nitrogen and oxygen atoms in total. The van der Waals surface area contributed by atoms with E-state index >= 15 is 0 Å². The summed E-state index contributed by atoms with van der Waals surface area (Å²) >= 11 is 0. The Labute approximate surface area is 178 Å². The summed E-state index contributed by atoms with van der Waals surface area (Å²) < 4.78 is 7.05. The van der Waals surface area contributed by atoms with Crippen molar-refractivity contribution < 1.29 is 14.0 Å². The molecule has 0 saturated heterocycles. The zero-order chi connectivity index (χ0) is 22.0. The summed E-state index contributed by atoms with van der Waals surface area (Å²) in [4.78, 5) is 34.4. The van der Waals surface area contributed by atoms with Gasteiger partial charge in [-0.3, -0.25) is 14.6 Å². The summed E-state index contributed by atoms with van der Waals surface area (Å²) in [6.07, 6.45) is 6.27. The standard InChI is InChI=1S/C22H20N6O3/c1-14-18(12-28(26-14)17-6-4-16(5-7-17)22(30)27(2)3)24-20(29)19-13-31-21(25-19)15-8-10-23-11-9-15/h4-13H,1-3H3,(H,24,29). The number of pyridine rings is 1. The number of amides is 2. The number of oxazole rings is 1. The van der Waals surface area contributed by atoms with Gasteiger partial charge in [0.15, 0.2) is 5.69 Å². The Balaban J connectivity index is 1.50. The van der Waals surface area contributed by atoms with Crippen molar-refractivity contribution >= 4 is 17.5 Å². The van der Waals surface area contributed by atoms with E-state index in [2.05, 4.69) is 20.4 Å². The molecule has 3 aromatic heterocycles. The Morgan fingerprint density at radius 3 is 2.45 bits per heavy atom. The van der Waals surface area contributed by atoms with E-state index in [0.717, 1.165) is 11.3 Å². The molecule has 156 valence electrons. The number of nitrogens with zero attached hydrogens (tertiary/aromatic N) is 5. The molecular formula is C22H20N6O3. The third-order valence-corrected chi connectivity index (χ3v) is 4.60. The highest BCUT2D eigenvalue weighted by Crippen LogP contribution is 2.20. The van der Waals surface area contributed by atoms with Gasteiger partial charge in [0.05, 0.1) is 23.3 Å². The molecule has 4 rings (SSSR count). The summed E-state index contributed by atoms with van der Waals surface area (Å²) in [6, 6.07) is 10.6. The van der Waals surface area contributed by atoms with Crippen LogP contribution in [-0.2, 0) is 0 Å². The number of benzene rings is 1. The molecule has 4 aromatic rings. The molecule has 0 aliphatic carbocycles. The first-order valence-electron chi connectivity index (χ1n) is 9.48. The molecule has 0 spiro atoms. The molecule has 0 unspecified atom stereocenters. The van der Waals surface area contributed by atoms with Crippen LogP contribution in [0.5, 0.6) is 0 Å². The van der Waals surface area contributed by atoms with Gasteiger partial charge in [-0.2, -0.15) is 5.10 Å². The predicted octanol–water partition coefficient (Wildman–Crippen LogP) is 3.18. The molecule has 0 atom stereocenters. The maximum absolute atomic E-state index is 12.6. The number of hydrogen-bond acceptors (Lipinski definition) is 6. The van der Waals surface area contributed by atoms with E-state index in [-0.39, 0.29) is 11.6 Å². The van der Waals surface area contributed by atoms with Crippen LogP contribution in [0.15, 0.2) is 65.7 Å². The third-order valence-electron chi connectivity index (χ3n) is 4.60. The fourth-order valence-electron chi connectivity index (χ4n) is 2.92. The Hall–Kier alpha value is -4.27. The van der Waals surface area contributed by atoms with Gasteiger partial charge in [-0.05, 0) is 43.3 Å². The number of rotatable bonds is 5. The highest BCUT2D eigenvalue weighted by atomic mass is 16.3. The van der Waals surface area contributed by atoms with Crippen LogP contribution < -0.4 is 5.32 Å². The number of aromatic nitrogens is 4. The predicted molar refractivity (Wildman–Crippen MR) is 114 cm³/mol. The van der Waals surface area contributed by atoms with Gasteiger partial charge in [0.25, 0.3) is 11.8 Å². The molecule has 0 bridgehead atoms. The quantitative estimate of drug-likeness (QED) is 0.536. The molecule has 0 aliphatic heterocycles. The van der Waals surface area contributed by atoms with Crippen LogP contribution in [0.1, 0.15) is 26.5 Å². The average Bonchev–Trinajstić information content (AvgIpc) is 3.41. The maximum Gasteiger partial charge on any atom is 0.277 e. The first-order valence-corrected chi connectivity index (χ1v) is 9.48. The van der Waals surface area contributed by atoms with Crippen molar-refractivity contribution in [2.75, 3.05) is 19.4 Å². The van der Waals surface area contributed by atoms with Gasteiger partial charge in [-0.15, -0.1) is 0 Å². The minimum atomic E-state index is -0.404. The summed E-state index contributed by atoms with van der Waals surface area (Å²) in [6.45, 7) is 1.79. The van der Waals surface area contributed by atoms with Crippen molar-refractivity contribution in [2.45, 2.75) is 6.92 Å². The SMILES string of the molecule is Cc1nn(-c2ccc(C(=O)N(C)C)cc2)cc1NC(=O)c1coc(-c2ccncc2)n1. The van der Waals surface area contributed by atoms with E-state index in [9.17, 15) is 9.59 Å². The minimum Gasteiger partial charge on any atom is -0.444 e. The highest BCUT2D eigenvalue weighted by molar-refractivity contribution is 6.03. The van der Waals surface area contributed by atoms with Gasteiger partial charge in [0.2, 0.25) is 5.89 Å². The molecule has 0 radical (unpaired) electrons. The molecule has 1 aromatic carbocycles. The number of carbonyl (C=O) groups is 2. The van der Waals surface area contributed by atoms with E-state index in [1.165, 1.54) is 11.2 Å². The van der Waals surface area contributed by atoms with Gasteiger partial charge < -0.3 is 14.6 Å². The van der Waals surface area contributed by atoms with E-state index in [1.807, 2.05) is 0 Å². The Morgan fingerprint density at radius 2 is 1.77 bits per heavy atom. The molecule has 1 N–H and O–H groups in total. The van der Waals surface area contributed by atoms with E-state index < -0.39 is 5.91 Å². The second kappa shape index (κ2) is 8.23. The normalized spacial score (nSPS) is 10.7. The number of anilines is 1. The van der Waals surface area contributed by atoms with Crippen LogP contribution in [-0.4, -0.2) is 50.6 Å². The summed E-state index contributed by atoms with van der Waals surface area (Å²) in [7, 11) is 3.41. The zero-order valence-electron chi connectivity index (χ0n) is 17.2. The van der Waals surface area contributed by atoms with Crippen LogP contribution in [0.25, 0.3) is 17.1 Å². The van der Waals surface area contributed by atoms with Crippen molar-refractivity contribution in [3.8, 4) is 17.1 Å². The zero-order valence-corrected chi connectivity index (χ0v) is 17.2. The fourth-order valence-corrected chi connectivity index (χ4v) is 2.92. The largest absolute Gasteiger partial charge is 0.444 e. The smallest absolute Gasteiger partial charge is 0.277 e. The van der Waals surface area contributed by atoms with E-state index in [0.29, 0.717) is 22.8 Å². The Kier molecular flexibility index (Phi) is 5.31. The Morgan fingerprint density at radius 1 is 1.06 bits per heavy atom. The van der Waals surface area contributed by atoms with Crippen LogP contribution in [0.2, 0.25) is 0 Å². The van der Waals surface area contributed by atoms with Crippen molar-refractivity contribution in [2.24, 2.45) is 0 Å². The highest BCUT2D eigenvalue weighted by Gasteiger charge is 2.16. The molecule has 0 saturated carbocycles. The van der Waals surface area contributed by atoms with Crippen LogP contribution in [0, 0.1) is 6.92 Å². The number of carbonyl (C=O) groups excluding carboxylic acids is 2. The van der Waals surface area contributed by atoms with Crippen LogP contribution in [0.4, 0.5) is 5.69 Å². The van der Waals surface area contributed by atoms with Crippen molar-refractivity contribution in [1.82, 2.24) is 24.6 Å². The topological polar surface area (TPSA) is 106 Å². The number of hydrogen-bond donors (Lipinski definition) is 1. The number of aryl methyl sites for hydroxylation is 1. The van der Waals surface area contributed by atoms with E-state index in [4.69, 9.17) is 4.42 Å². The van der Waals surface area contributed by atoms with Crippen LogP contribution in [0.3, 0.4) is 0 Å². The van der Waals surface area contributed by atoms with Gasteiger partial charge >= 0.3 is 0 Å². The second-order valence-electron chi connectivity index (χ2n) is 7.05. The van der Waals surface area contributed by atoms with Crippen molar-refractivity contribution in [1.29, 1.82) is 0 Å². The maximum atomic E-state index is 12.6. The molecular weight excluding hydrogens is 396 g/mol. The first kappa shape index (κ1) is 20.0.